The number of rotatable bonds is 3. The molecule has 0 radical (unpaired) electrons. The van der Waals surface area contributed by atoms with Crippen LogP contribution in [-0.4, -0.2) is 16.8 Å². The second-order valence-corrected chi connectivity index (χ2v) is 3.41. The number of hydrogen-bond donors (Lipinski definition) is 0. The maximum Gasteiger partial charge on any atom is 0.387 e. The highest BCUT2D eigenvalue weighted by Gasteiger charge is 2.15. The molecule has 2 rings (SSSR count). The zero-order valence-electron chi connectivity index (χ0n) is 7.73. The molecule has 0 atom stereocenters. The van der Waals surface area contributed by atoms with Gasteiger partial charge in [-0.3, -0.25) is 0 Å². The van der Waals surface area contributed by atoms with Gasteiger partial charge in [-0.05, 0) is 12.1 Å². The molecule has 84 valence electrons. The van der Waals surface area contributed by atoms with E-state index in [2.05, 4.69) is 30.9 Å². The van der Waals surface area contributed by atoms with Crippen molar-refractivity contribution in [1.29, 1.82) is 0 Å². The molecular weight excluding hydrogens is 286 g/mol. The van der Waals surface area contributed by atoms with E-state index in [1.807, 2.05) is 0 Å². The van der Waals surface area contributed by atoms with Crippen molar-refractivity contribution in [3.8, 4) is 17.2 Å². The van der Waals surface area contributed by atoms with E-state index in [-0.39, 0.29) is 16.4 Å². The van der Waals surface area contributed by atoms with Crippen LogP contribution in [0.1, 0.15) is 0 Å². The summed E-state index contributed by atoms with van der Waals surface area (Å²) >= 11 is 2.98. The highest BCUT2D eigenvalue weighted by molar-refractivity contribution is 9.10. The van der Waals surface area contributed by atoms with Crippen molar-refractivity contribution in [3.05, 3.63) is 29.1 Å². The maximum absolute atomic E-state index is 12.1. The summed E-state index contributed by atoms with van der Waals surface area (Å²) in [7, 11) is 0. The Morgan fingerprint density at radius 2 is 2.00 bits per heavy atom. The molecule has 0 saturated heterocycles. The Morgan fingerprint density at radius 3 is 2.62 bits per heavy atom. The zero-order valence-corrected chi connectivity index (χ0v) is 9.32. The molecule has 0 aliphatic heterocycles. The summed E-state index contributed by atoms with van der Waals surface area (Å²) in [4.78, 5) is 0.175. The van der Waals surface area contributed by atoms with Gasteiger partial charge >= 0.3 is 6.61 Å². The first-order chi connectivity index (χ1) is 7.66. The van der Waals surface area contributed by atoms with Gasteiger partial charge in [0.1, 0.15) is 5.75 Å². The van der Waals surface area contributed by atoms with Crippen LogP contribution in [0.4, 0.5) is 8.78 Å². The summed E-state index contributed by atoms with van der Waals surface area (Å²) in [6, 6.07) is 6.19. The van der Waals surface area contributed by atoms with E-state index in [9.17, 15) is 8.78 Å². The van der Waals surface area contributed by atoms with Crippen molar-refractivity contribution in [2.45, 2.75) is 6.61 Å². The van der Waals surface area contributed by atoms with Crippen molar-refractivity contribution in [3.63, 3.8) is 0 Å². The monoisotopic (exact) mass is 290 g/mol. The minimum Gasteiger partial charge on any atom is -0.434 e. The number of nitrogens with zero attached hydrogens (tertiary/aromatic N) is 2. The minimum atomic E-state index is -2.90. The Hall–Kier alpha value is -1.50. The smallest absolute Gasteiger partial charge is 0.387 e. The molecular formula is C9H5BrF2N2O2. The minimum absolute atomic E-state index is 0.00588. The Bertz CT molecular complexity index is 490. The molecule has 1 aromatic heterocycles. The number of ether oxygens (including phenoxy) is 1. The Morgan fingerprint density at radius 1 is 1.25 bits per heavy atom. The van der Waals surface area contributed by atoms with Crippen molar-refractivity contribution in [1.82, 2.24) is 10.2 Å². The van der Waals surface area contributed by atoms with Crippen LogP contribution in [0.5, 0.6) is 5.75 Å². The Kier molecular flexibility index (Phi) is 3.14. The third-order valence-corrected chi connectivity index (χ3v) is 2.05. The van der Waals surface area contributed by atoms with Crippen molar-refractivity contribution >= 4 is 15.9 Å². The van der Waals surface area contributed by atoms with E-state index in [0.29, 0.717) is 5.56 Å². The second kappa shape index (κ2) is 4.56. The Labute approximate surface area is 97.4 Å². The molecule has 0 N–H and O–H groups in total. The van der Waals surface area contributed by atoms with Gasteiger partial charge in [0.25, 0.3) is 10.7 Å². The average Bonchev–Trinajstić information content (AvgIpc) is 2.65. The first-order valence-corrected chi connectivity index (χ1v) is 4.99. The summed E-state index contributed by atoms with van der Waals surface area (Å²) in [5.41, 5.74) is 0.320. The van der Waals surface area contributed by atoms with Crippen LogP contribution >= 0.6 is 15.9 Å². The third-order valence-electron chi connectivity index (χ3n) is 1.73. The van der Waals surface area contributed by atoms with Crippen LogP contribution in [0.15, 0.2) is 33.5 Å². The molecule has 0 fully saturated rings. The summed E-state index contributed by atoms with van der Waals surface area (Å²) < 4.78 is 33.6. The molecule has 0 amide bonds. The summed E-state index contributed by atoms with van der Waals surface area (Å²) in [5, 5.41) is 7.24. The number of hydrogen-bond acceptors (Lipinski definition) is 4. The lowest BCUT2D eigenvalue weighted by Gasteiger charge is -2.06. The molecule has 0 unspecified atom stereocenters. The van der Waals surface area contributed by atoms with E-state index < -0.39 is 6.61 Å². The quantitative estimate of drug-likeness (QED) is 0.871. The van der Waals surface area contributed by atoms with Crippen molar-refractivity contribution < 1.29 is 17.9 Å². The largest absolute Gasteiger partial charge is 0.434 e. The van der Waals surface area contributed by atoms with Crippen LogP contribution in [0, 0.1) is 0 Å². The SMILES string of the molecule is FC(F)Oc1ccccc1-c1nnc(Br)o1. The van der Waals surface area contributed by atoms with E-state index >= 15 is 0 Å². The topological polar surface area (TPSA) is 48.2 Å². The molecule has 0 spiro atoms. The molecule has 0 aliphatic rings. The lowest BCUT2D eigenvalue weighted by molar-refractivity contribution is -0.0495. The average molecular weight is 291 g/mol. The third kappa shape index (κ3) is 2.35. The van der Waals surface area contributed by atoms with Crippen LogP contribution in [0.25, 0.3) is 11.5 Å². The number of para-hydroxylation sites is 1. The van der Waals surface area contributed by atoms with Crippen LogP contribution in [0.2, 0.25) is 0 Å². The van der Waals surface area contributed by atoms with E-state index in [4.69, 9.17) is 4.42 Å². The number of alkyl halides is 2. The first-order valence-electron chi connectivity index (χ1n) is 4.20. The van der Waals surface area contributed by atoms with E-state index in [0.717, 1.165) is 0 Å². The van der Waals surface area contributed by atoms with Gasteiger partial charge in [0.2, 0.25) is 0 Å². The summed E-state index contributed by atoms with van der Waals surface area (Å²) in [5.74, 6) is 0.108. The summed E-state index contributed by atoms with van der Waals surface area (Å²) in [6.45, 7) is -2.90. The van der Waals surface area contributed by atoms with E-state index in [1.165, 1.54) is 6.07 Å². The van der Waals surface area contributed by atoms with Crippen molar-refractivity contribution in [2.24, 2.45) is 0 Å². The molecule has 0 aliphatic carbocycles. The lowest BCUT2D eigenvalue weighted by atomic mass is 10.2. The second-order valence-electron chi connectivity index (χ2n) is 2.73. The lowest BCUT2D eigenvalue weighted by Crippen LogP contribution is -2.03. The number of halogens is 3. The van der Waals surface area contributed by atoms with Gasteiger partial charge in [-0.25, -0.2) is 0 Å². The van der Waals surface area contributed by atoms with Gasteiger partial charge in [0.15, 0.2) is 0 Å². The van der Waals surface area contributed by atoms with Crippen LogP contribution in [0.3, 0.4) is 0 Å². The highest BCUT2D eigenvalue weighted by atomic mass is 79.9. The zero-order chi connectivity index (χ0) is 11.5. The van der Waals surface area contributed by atoms with E-state index in [1.54, 1.807) is 18.2 Å². The number of benzene rings is 1. The van der Waals surface area contributed by atoms with Gasteiger partial charge in [-0.2, -0.15) is 8.78 Å². The number of aromatic nitrogens is 2. The van der Waals surface area contributed by atoms with Gasteiger partial charge < -0.3 is 9.15 Å². The summed E-state index contributed by atoms with van der Waals surface area (Å²) in [6.07, 6.45) is 0. The molecule has 2 aromatic rings. The van der Waals surface area contributed by atoms with Crippen LogP contribution < -0.4 is 4.74 Å². The molecule has 0 bridgehead atoms. The molecule has 7 heteroatoms. The fourth-order valence-electron chi connectivity index (χ4n) is 1.16. The molecule has 16 heavy (non-hydrogen) atoms. The maximum atomic E-state index is 12.1. The van der Waals surface area contributed by atoms with Crippen molar-refractivity contribution in [2.75, 3.05) is 0 Å². The van der Waals surface area contributed by atoms with Gasteiger partial charge in [-0.1, -0.05) is 12.1 Å². The van der Waals surface area contributed by atoms with Gasteiger partial charge in [0, 0.05) is 15.9 Å². The first kappa shape index (κ1) is 11.0. The highest BCUT2D eigenvalue weighted by Crippen LogP contribution is 2.30. The Balaban J connectivity index is 2.40. The fourth-order valence-corrected chi connectivity index (χ4v) is 1.39. The fraction of sp³-hybridized carbons (Fsp3) is 0.111. The molecule has 4 nitrogen and oxygen atoms in total. The molecule has 1 heterocycles. The normalized spacial score (nSPS) is 10.8. The predicted octanol–water partition coefficient (Wildman–Crippen LogP) is 3.10. The van der Waals surface area contributed by atoms with Crippen LogP contribution in [-0.2, 0) is 0 Å². The standard InChI is InChI=1S/C9H5BrF2N2O2/c10-8-14-13-7(16-8)5-3-1-2-4-6(5)15-9(11)12/h1-4,9H. The van der Waals surface area contributed by atoms with Gasteiger partial charge in [-0.15, -0.1) is 10.2 Å². The van der Waals surface area contributed by atoms with Gasteiger partial charge in [0.05, 0.1) is 5.56 Å². The molecule has 0 saturated carbocycles. The molecule has 1 aromatic carbocycles. The predicted molar refractivity (Wildman–Crippen MR) is 54.1 cm³/mol.